The minimum Gasteiger partial charge on any atom is -0.393 e. The zero-order chi connectivity index (χ0) is 17.8. The molecule has 4 saturated carbocycles. The first-order valence-electron chi connectivity index (χ1n) is 10.1. The number of rotatable bonds is 1. The van der Waals surface area contributed by atoms with Crippen LogP contribution >= 0.6 is 0 Å². The molecule has 0 heterocycles. The van der Waals surface area contributed by atoms with Crippen molar-refractivity contribution in [1.29, 1.82) is 0 Å². The number of nitrogens with zero attached hydrogens (tertiary/aromatic N) is 1. The van der Waals surface area contributed by atoms with Gasteiger partial charge in [0.25, 0.3) is 0 Å². The molecule has 5 heteroatoms. The number of hydrogen-bond donors (Lipinski definition) is 3. The van der Waals surface area contributed by atoms with Crippen LogP contribution in [0, 0.1) is 34.5 Å². The highest BCUT2D eigenvalue weighted by Crippen LogP contribution is 2.65. The number of nitrogens with one attached hydrogen (secondary N) is 1. The van der Waals surface area contributed by atoms with E-state index in [1.807, 2.05) is 0 Å². The first-order valence-corrected chi connectivity index (χ1v) is 10.1. The lowest BCUT2D eigenvalue weighted by Gasteiger charge is -2.60. The summed E-state index contributed by atoms with van der Waals surface area (Å²) in [7, 11) is 0. The van der Waals surface area contributed by atoms with Crippen LogP contribution in [0.25, 0.3) is 0 Å². The Balaban J connectivity index is 1.58. The van der Waals surface area contributed by atoms with Crippen LogP contribution in [-0.2, 0) is 0 Å². The number of aliphatic hydroxyl groups is 1. The Labute approximate surface area is 150 Å². The van der Waals surface area contributed by atoms with Crippen molar-refractivity contribution in [3.63, 3.8) is 0 Å². The summed E-state index contributed by atoms with van der Waals surface area (Å²) in [5, 5.41) is 14.5. The fourth-order valence-corrected chi connectivity index (χ4v) is 7.33. The van der Waals surface area contributed by atoms with E-state index in [-0.39, 0.29) is 11.5 Å². The van der Waals surface area contributed by atoms with E-state index in [1.165, 1.54) is 38.5 Å². The predicted molar refractivity (Wildman–Crippen MR) is 97.9 cm³/mol. The summed E-state index contributed by atoms with van der Waals surface area (Å²) >= 11 is 0. The molecule has 25 heavy (non-hydrogen) atoms. The van der Waals surface area contributed by atoms with Gasteiger partial charge in [-0.3, -0.25) is 0 Å². The van der Waals surface area contributed by atoms with E-state index in [1.54, 1.807) is 0 Å². The van der Waals surface area contributed by atoms with E-state index in [9.17, 15) is 9.90 Å². The first-order chi connectivity index (χ1) is 11.8. The lowest BCUT2D eigenvalue weighted by atomic mass is 9.45. The third kappa shape index (κ3) is 2.61. The van der Waals surface area contributed by atoms with Crippen LogP contribution in [-0.4, -0.2) is 23.0 Å². The van der Waals surface area contributed by atoms with E-state index in [0.29, 0.717) is 17.3 Å². The van der Waals surface area contributed by atoms with Gasteiger partial charge in [0.05, 0.1) is 6.10 Å². The average Bonchev–Trinajstić information content (AvgIpc) is 2.90. The van der Waals surface area contributed by atoms with Gasteiger partial charge in [-0.1, -0.05) is 13.8 Å². The summed E-state index contributed by atoms with van der Waals surface area (Å²) in [5.41, 5.74) is 9.38. The molecule has 4 N–H and O–H groups in total. The van der Waals surface area contributed by atoms with Crippen LogP contribution in [0.4, 0.5) is 4.79 Å². The maximum absolute atomic E-state index is 11.1. The summed E-state index contributed by atoms with van der Waals surface area (Å²) in [6, 6.07) is -0.568. The second-order valence-corrected chi connectivity index (χ2v) is 9.61. The summed E-state index contributed by atoms with van der Waals surface area (Å²) < 4.78 is 0. The average molecular weight is 348 g/mol. The highest BCUT2D eigenvalue weighted by Gasteiger charge is 2.59. The number of hydrazone groups is 1. The number of urea groups is 1. The molecule has 0 bridgehead atoms. The second kappa shape index (κ2) is 5.97. The van der Waals surface area contributed by atoms with Crippen molar-refractivity contribution in [2.75, 3.05) is 0 Å². The Morgan fingerprint density at radius 3 is 2.72 bits per heavy atom. The van der Waals surface area contributed by atoms with Crippen molar-refractivity contribution in [2.24, 2.45) is 45.3 Å². The quantitative estimate of drug-likeness (QED) is 0.635. The molecule has 2 amide bonds. The van der Waals surface area contributed by atoms with Gasteiger partial charge in [-0.2, -0.15) is 5.10 Å². The summed E-state index contributed by atoms with van der Waals surface area (Å²) in [5.74, 6) is 2.95. The molecular weight excluding hydrogens is 314 g/mol. The van der Waals surface area contributed by atoms with Crippen molar-refractivity contribution < 1.29 is 9.90 Å². The highest BCUT2D eigenvalue weighted by atomic mass is 16.3. The summed E-state index contributed by atoms with van der Waals surface area (Å²) in [6.45, 7) is 4.88. The number of carbonyl (C=O) groups excluding carboxylic acids is 1. The predicted octanol–water partition coefficient (Wildman–Crippen LogP) is 3.41. The molecule has 0 aromatic carbocycles. The Kier molecular flexibility index (Phi) is 4.13. The van der Waals surface area contributed by atoms with Gasteiger partial charge < -0.3 is 10.8 Å². The Morgan fingerprint density at radius 2 is 1.96 bits per heavy atom. The van der Waals surface area contributed by atoms with E-state index in [0.717, 1.165) is 36.8 Å². The largest absolute Gasteiger partial charge is 0.393 e. The Hall–Kier alpha value is -1.10. The zero-order valence-corrected chi connectivity index (χ0v) is 15.6. The molecule has 4 fully saturated rings. The maximum Gasteiger partial charge on any atom is 0.332 e. The number of hydrogen-bond acceptors (Lipinski definition) is 3. The molecule has 0 aliphatic heterocycles. The Morgan fingerprint density at radius 1 is 1.16 bits per heavy atom. The highest BCUT2D eigenvalue weighted by molar-refractivity contribution is 5.93. The van der Waals surface area contributed by atoms with Crippen molar-refractivity contribution in [2.45, 2.75) is 77.7 Å². The van der Waals surface area contributed by atoms with Gasteiger partial charge >= 0.3 is 6.03 Å². The topological polar surface area (TPSA) is 87.7 Å². The minimum atomic E-state index is -0.568. The third-order valence-corrected chi connectivity index (χ3v) is 8.68. The van der Waals surface area contributed by atoms with Gasteiger partial charge in [-0.15, -0.1) is 0 Å². The fraction of sp³-hybridized carbons (Fsp3) is 0.900. The molecule has 5 nitrogen and oxygen atoms in total. The van der Waals surface area contributed by atoms with Crippen molar-refractivity contribution in [3.8, 4) is 0 Å². The van der Waals surface area contributed by atoms with Gasteiger partial charge in [0, 0.05) is 11.1 Å². The second-order valence-electron chi connectivity index (χ2n) is 9.61. The van der Waals surface area contributed by atoms with Crippen molar-refractivity contribution in [1.82, 2.24) is 5.43 Å². The van der Waals surface area contributed by atoms with E-state index >= 15 is 0 Å². The standard InChI is InChI=1S/C20H33N3O2/c1-19-9-7-13(24)11-12(19)3-4-14-15-5-6-17(22-23-18(21)25)20(15,2)10-8-16(14)19/h12-16,24H,3-11H2,1-2H3,(H3,21,23,25)/t12-,13?,14?,15?,16?,19-,20-/m0/s1. The minimum absolute atomic E-state index is 0.0754. The SMILES string of the molecule is C[C@]12CCC3C(CC[C@H]4CC(O)CC[C@]34C)C1CCC2=NNC(N)=O. The number of nitrogens with two attached hydrogens (primary N) is 1. The van der Waals surface area contributed by atoms with Gasteiger partial charge in [0.15, 0.2) is 0 Å². The Bertz CT molecular complexity index is 591. The van der Waals surface area contributed by atoms with E-state index < -0.39 is 6.03 Å². The van der Waals surface area contributed by atoms with E-state index in [2.05, 4.69) is 24.4 Å². The monoisotopic (exact) mass is 347 g/mol. The van der Waals surface area contributed by atoms with Crippen LogP contribution in [0.2, 0.25) is 0 Å². The molecular formula is C20H33N3O2. The molecule has 4 aliphatic carbocycles. The number of fused-ring (bicyclic) bond motifs is 5. The fourth-order valence-electron chi connectivity index (χ4n) is 7.33. The van der Waals surface area contributed by atoms with Crippen LogP contribution in [0.3, 0.4) is 0 Å². The molecule has 0 spiro atoms. The number of amides is 2. The van der Waals surface area contributed by atoms with Crippen LogP contribution in [0.1, 0.15) is 71.6 Å². The lowest BCUT2D eigenvalue weighted by molar-refractivity contribution is -0.113. The molecule has 0 aromatic rings. The number of aliphatic hydroxyl groups excluding tert-OH is 1. The molecule has 0 saturated heterocycles. The van der Waals surface area contributed by atoms with Gasteiger partial charge in [-0.05, 0) is 86.9 Å². The van der Waals surface area contributed by atoms with Crippen LogP contribution in [0.15, 0.2) is 5.10 Å². The third-order valence-electron chi connectivity index (χ3n) is 8.68. The van der Waals surface area contributed by atoms with E-state index in [4.69, 9.17) is 5.73 Å². The molecule has 0 radical (unpaired) electrons. The van der Waals surface area contributed by atoms with Gasteiger partial charge in [0.2, 0.25) is 0 Å². The van der Waals surface area contributed by atoms with Crippen molar-refractivity contribution >= 4 is 11.7 Å². The zero-order valence-electron chi connectivity index (χ0n) is 15.6. The molecule has 4 unspecified atom stereocenters. The lowest BCUT2D eigenvalue weighted by Crippen LogP contribution is -2.54. The smallest absolute Gasteiger partial charge is 0.332 e. The molecule has 140 valence electrons. The van der Waals surface area contributed by atoms with Gasteiger partial charge in [0.1, 0.15) is 0 Å². The van der Waals surface area contributed by atoms with Gasteiger partial charge in [-0.25, -0.2) is 10.2 Å². The molecule has 4 rings (SSSR count). The van der Waals surface area contributed by atoms with Crippen molar-refractivity contribution in [3.05, 3.63) is 0 Å². The molecule has 0 aromatic heterocycles. The summed E-state index contributed by atoms with van der Waals surface area (Å²) in [4.78, 5) is 11.1. The molecule has 4 aliphatic rings. The summed E-state index contributed by atoms with van der Waals surface area (Å²) in [6.07, 6.45) is 10.3. The van der Waals surface area contributed by atoms with Crippen LogP contribution in [0.5, 0.6) is 0 Å². The number of carbonyl (C=O) groups is 1. The van der Waals surface area contributed by atoms with Crippen LogP contribution < -0.4 is 11.2 Å². The normalized spacial score (nSPS) is 50.7. The molecule has 7 atom stereocenters. The maximum atomic E-state index is 11.1. The number of primary amides is 1. The first kappa shape index (κ1) is 17.3.